The summed E-state index contributed by atoms with van der Waals surface area (Å²) < 4.78 is 58.8. The molecule has 0 bridgehead atoms. The normalized spacial score (nSPS) is 20.7. The number of ether oxygens (including phenoxy) is 1. The van der Waals surface area contributed by atoms with Crippen molar-refractivity contribution in [2.24, 2.45) is 0 Å². The minimum atomic E-state index is -3.79. The van der Waals surface area contributed by atoms with Crippen LogP contribution in [0.15, 0.2) is 35.2 Å². The lowest BCUT2D eigenvalue weighted by Gasteiger charge is -2.17. The maximum Gasteiger partial charge on any atom is 0.304 e. The number of aliphatic carboxylic acids is 1. The summed E-state index contributed by atoms with van der Waals surface area (Å²) in [5, 5.41) is 18.1. The van der Waals surface area contributed by atoms with Crippen molar-refractivity contribution in [3.8, 4) is 17.6 Å². The first-order valence-corrected chi connectivity index (χ1v) is 11.1. The molecule has 6 nitrogen and oxygen atoms in total. The molecule has 3 atom stereocenters. The van der Waals surface area contributed by atoms with E-state index in [1.165, 1.54) is 18.2 Å². The zero-order valence-corrected chi connectivity index (χ0v) is 17.3. The van der Waals surface area contributed by atoms with Crippen LogP contribution in [0.1, 0.15) is 33.9 Å². The van der Waals surface area contributed by atoms with Gasteiger partial charge < -0.3 is 9.84 Å². The number of hydrogen-bond donors (Lipinski definition) is 1. The van der Waals surface area contributed by atoms with Crippen LogP contribution in [0.5, 0.6) is 11.5 Å². The standard InChI is InChI=1S/C19H14BrF2NO5S/c1-29(26,27)14-3-2-13(28-11-5-9(8-23)4-10(21)6-11)17-16(14)12(7-15(24)25)19(22)18(17)20/h2-6,12,18-19H,7H2,1H3,(H,24,25)/t12-,18-,19-/m0/s1. The molecule has 10 heteroatoms. The molecule has 1 aliphatic carbocycles. The fourth-order valence-electron chi connectivity index (χ4n) is 3.41. The van der Waals surface area contributed by atoms with Crippen LogP contribution in [-0.4, -0.2) is 31.9 Å². The van der Waals surface area contributed by atoms with Crippen molar-refractivity contribution in [3.05, 3.63) is 52.8 Å². The van der Waals surface area contributed by atoms with Gasteiger partial charge in [0.15, 0.2) is 9.84 Å². The van der Waals surface area contributed by atoms with Crippen LogP contribution >= 0.6 is 15.9 Å². The third kappa shape index (κ3) is 4.11. The van der Waals surface area contributed by atoms with E-state index in [1.807, 2.05) is 0 Å². The van der Waals surface area contributed by atoms with Gasteiger partial charge in [0.25, 0.3) is 0 Å². The summed E-state index contributed by atoms with van der Waals surface area (Å²) in [5.74, 6) is -3.19. The number of nitriles is 1. The SMILES string of the molecule is CS(=O)(=O)c1ccc(Oc2cc(F)cc(C#N)c2)c2c1[C@H](CC(=O)O)[C@H](F)[C@H]2Br. The fourth-order valence-corrected chi connectivity index (χ4v) is 5.23. The number of alkyl halides is 2. The molecule has 0 radical (unpaired) electrons. The smallest absolute Gasteiger partial charge is 0.304 e. The molecule has 0 unspecified atom stereocenters. The molecule has 0 heterocycles. The van der Waals surface area contributed by atoms with E-state index in [4.69, 9.17) is 15.1 Å². The minimum absolute atomic E-state index is 0.00640. The Morgan fingerprint density at radius 2 is 2.00 bits per heavy atom. The first kappa shape index (κ1) is 21.2. The second-order valence-corrected chi connectivity index (χ2v) is 9.57. The highest BCUT2D eigenvalue weighted by Gasteiger charge is 2.45. The van der Waals surface area contributed by atoms with Gasteiger partial charge in [-0.25, -0.2) is 17.2 Å². The molecule has 29 heavy (non-hydrogen) atoms. The van der Waals surface area contributed by atoms with Gasteiger partial charge in [0.1, 0.15) is 23.5 Å². The number of hydrogen-bond acceptors (Lipinski definition) is 5. The highest BCUT2D eigenvalue weighted by molar-refractivity contribution is 9.09. The van der Waals surface area contributed by atoms with Crippen LogP contribution in [0.2, 0.25) is 0 Å². The summed E-state index contributed by atoms with van der Waals surface area (Å²) in [5.41, 5.74) is 0.181. The van der Waals surface area contributed by atoms with E-state index in [0.717, 1.165) is 18.4 Å². The molecule has 0 saturated carbocycles. The number of fused-ring (bicyclic) bond motifs is 1. The first-order valence-electron chi connectivity index (χ1n) is 8.28. The van der Waals surface area contributed by atoms with E-state index in [-0.39, 0.29) is 33.1 Å². The minimum Gasteiger partial charge on any atom is -0.481 e. The van der Waals surface area contributed by atoms with Crippen LogP contribution in [0.25, 0.3) is 0 Å². The Hall–Kier alpha value is -2.51. The van der Waals surface area contributed by atoms with Crippen LogP contribution in [0.3, 0.4) is 0 Å². The van der Waals surface area contributed by atoms with Crippen molar-refractivity contribution >= 4 is 31.7 Å². The predicted molar refractivity (Wildman–Crippen MR) is 102 cm³/mol. The maximum atomic E-state index is 14.9. The third-order valence-electron chi connectivity index (χ3n) is 4.54. The molecule has 0 spiro atoms. The second-order valence-electron chi connectivity index (χ2n) is 6.60. The molecule has 1 aliphatic rings. The van der Waals surface area contributed by atoms with Gasteiger partial charge >= 0.3 is 5.97 Å². The Labute approximate surface area is 173 Å². The molecule has 2 aromatic carbocycles. The lowest BCUT2D eigenvalue weighted by Crippen LogP contribution is -2.15. The number of sulfone groups is 1. The summed E-state index contributed by atoms with van der Waals surface area (Å²) in [4.78, 5) is 10.0. The van der Waals surface area contributed by atoms with Crippen molar-refractivity contribution < 1.29 is 31.8 Å². The molecule has 3 rings (SSSR count). The second kappa shape index (κ2) is 7.72. The first-order chi connectivity index (χ1) is 13.5. The average molecular weight is 486 g/mol. The van der Waals surface area contributed by atoms with E-state index >= 15 is 0 Å². The van der Waals surface area contributed by atoms with Crippen molar-refractivity contribution in [1.29, 1.82) is 5.26 Å². The molecule has 152 valence electrons. The Balaban J connectivity index is 2.20. The average Bonchev–Trinajstić information content (AvgIpc) is 2.85. The number of carboxylic acid groups (broad SMARTS) is 1. The Kier molecular flexibility index (Phi) is 5.65. The lowest BCUT2D eigenvalue weighted by atomic mass is 9.96. The quantitative estimate of drug-likeness (QED) is 0.635. The van der Waals surface area contributed by atoms with Crippen molar-refractivity contribution in [3.63, 3.8) is 0 Å². The summed E-state index contributed by atoms with van der Waals surface area (Å²) in [7, 11) is -3.79. The summed E-state index contributed by atoms with van der Waals surface area (Å²) in [6, 6.07) is 7.61. The molecule has 0 fully saturated rings. The Morgan fingerprint density at radius 1 is 1.31 bits per heavy atom. The number of halogens is 3. The summed E-state index contributed by atoms with van der Waals surface area (Å²) in [6.07, 6.45) is -1.38. The van der Waals surface area contributed by atoms with Gasteiger partial charge in [-0.1, -0.05) is 15.9 Å². The van der Waals surface area contributed by atoms with Gasteiger partial charge in [-0.15, -0.1) is 0 Å². The van der Waals surface area contributed by atoms with E-state index in [2.05, 4.69) is 15.9 Å². The van der Waals surface area contributed by atoms with Crippen molar-refractivity contribution in [2.45, 2.75) is 28.2 Å². The molecule has 1 N–H and O–H groups in total. The Morgan fingerprint density at radius 3 is 2.59 bits per heavy atom. The number of nitrogens with zero attached hydrogens (tertiary/aromatic N) is 1. The molecule has 0 aliphatic heterocycles. The van der Waals surface area contributed by atoms with E-state index in [1.54, 1.807) is 6.07 Å². The van der Waals surface area contributed by atoms with Crippen LogP contribution < -0.4 is 4.74 Å². The van der Waals surface area contributed by atoms with Crippen molar-refractivity contribution in [2.75, 3.05) is 6.26 Å². The maximum absolute atomic E-state index is 14.9. The summed E-state index contributed by atoms with van der Waals surface area (Å²) in [6.45, 7) is 0. The highest BCUT2D eigenvalue weighted by Crippen LogP contribution is 2.54. The largest absolute Gasteiger partial charge is 0.481 e. The predicted octanol–water partition coefficient (Wildman–Crippen LogP) is 4.24. The number of carboxylic acids is 1. The third-order valence-corrected chi connectivity index (χ3v) is 6.66. The summed E-state index contributed by atoms with van der Waals surface area (Å²) >= 11 is 3.17. The van der Waals surface area contributed by atoms with Gasteiger partial charge in [-0.05, 0) is 29.8 Å². The highest BCUT2D eigenvalue weighted by atomic mass is 79.9. The molecular formula is C19H14BrF2NO5S. The molecule has 2 aromatic rings. The van der Waals surface area contributed by atoms with Gasteiger partial charge in [0.05, 0.1) is 27.8 Å². The van der Waals surface area contributed by atoms with E-state index < -0.39 is 45.0 Å². The molecule has 0 saturated heterocycles. The number of carbonyl (C=O) groups is 1. The zero-order valence-electron chi connectivity index (χ0n) is 14.9. The van der Waals surface area contributed by atoms with Gasteiger partial charge in [-0.2, -0.15) is 5.26 Å². The van der Waals surface area contributed by atoms with E-state index in [9.17, 15) is 22.0 Å². The van der Waals surface area contributed by atoms with Crippen LogP contribution in [-0.2, 0) is 14.6 Å². The van der Waals surface area contributed by atoms with Gasteiger partial charge in [0, 0.05) is 23.8 Å². The van der Waals surface area contributed by atoms with Gasteiger partial charge in [-0.3, -0.25) is 4.79 Å². The molecule has 0 aromatic heterocycles. The van der Waals surface area contributed by atoms with Gasteiger partial charge in [0.2, 0.25) is 0 Å². The lowest BCUT2D eigenvalue weighted by molar-refractivity contribution is -0.137. The van der Waals surface area contributed by atoms with E-state index in [0.29, 0.717) is 0 Å². The van der Waals surface area contributed by atoms with Crippen molar-refractivity contribution in [1.82, 2.24) is 0 Å². The Bertz CT molecular complexity index is 1150. The topological polar surface area (TPSA) is 104 Å². The number of benzene rings is 2. The fraction of sp³-hybridized carbons (Fsp3) is 0.263. The molecular weight excluding hydrogens is 472 g/mol. The zero-order chi connectivity index (χ0) is 21.5. The molecule has 0 amide bonds. The monoisotopic (exact) mass is 485 g/mol. The van der Waals surface area contributed by atoms with Crippen LogP contribution in [0, 0.1) is 17.1 Å². The van der Waals surface area contributed by atoms with Crippen LogP contribution in [0.4, 0.5) is 8.78 Å². The number of rotatable bonds is 5.